The highest BCUT2D eigenvalue weighted by Gasteiger charge is 2.15. The zero-order chi connectivity index (χ0) is 12.8. The molecule has 0 spiro atoms. The Bertz CT molecular complexity index is 395. The second-order valence-electron chi connectivity index (χ2n) is 3.78. The Labute approximate surface area is 109 Å². The fourth-order valence-corrected chi connectivity index (χ4v) is 2.40. The van der Waals surface area contributed by atoms with Crippen LogP contribution < -0.4 is 5.73 Å². The van der Waals surface area contributed by atoms with Gasteiger partial charge in [-0.3, -0.25) is 4.79 Å². The standard InChI is InChI=1S/C12H16BrNO3/c1-17-7-8-3-2-4-9(13)12(8)10(14)5-6-11(15)16/h2-4,10H,5-7,14H2,1H3,(H,15,16). The molecular formula is C12H16BrNO3. The molecule has 0 aromatic heterocycles. The molecule has 94 valence electrons. The van der Waals surface area contributed by atoms with Gasteiger partial charge >= 0.3 is 5.97 Å². The molecule has 1 rings (SSSR count). The van der Waals surface area contributed by atoms with Gasteiger partial charge in [0.2, 0.25) is 0 Å². The van der Waals surface area contributed by atoms with Crippen LogP contribution in [0.2, 0.25) is 0 Å². The summed E-state index contributed by atoms with van der Waals surface area (Å²) in [6.45, 7) is 0.468. The number of rotatable bonds is 6. The summed E-state index contributed by atoms with van der Waals surface area (Å²) in [5.74, 6) is -0.833. The largest absolute Gasteiger partial charge is 0.481 e. The van der Waals surface area contributed by atoms with Crippen LogP contribution in [-0.4, -0.2) is 18.2 Å². The molecule has 3 N–H and O–H groups in total. The third-order valence-corrected chi connectivity index (χ3v) is 3.17. The van der Waals surface area contributed by atoms with E-state index in [1.54, 1.807) is 7.11 Å². The van der Waals surface area contributed by atoms with Gasteiger partial charge < -0.3 is 15.6 Å². The minimum Gasteiger partial charge on any atom is -0.481 e. The van der Waals surface area contributed by atoms with Crippen molar-refractivity contribution in [3.05, 3.63) is 33.8 Å². The first-order valence-electron chi connectivity index (χ1n) is 5.30. The van der Waals surface area contributed by atoms with Crippen molar-refractivity contribution in [3.8, 4) is 0 Å². The number of nitrogens with two attached hydrogens (primary N) is 1. The summed E-state index contributed by atoms with van der Waals surface area (Å²) in [6.07, 6.45) is 0.476. The quantitative estimate of drug-likeness (QED) is 0.846. The van der Waals surface area contributed by atoms with Crippen molar-refractivity contribution in [1.29, 1.82) is 0 Å². The summed E-state index contributed by atoms with van der Waals surface area (Å²) in [5, 5.41) is 8.66. The van der Waals surface area contributed by atoms with Gasteiger partial charge in [0.05, 0.1) is 6.61 Å². The zero-order valence-corrected chi connectivity index (χ0v) is 11.2. The van der Waals surface area contributed by atoms with Gasteiger partial charge in [0.15, 0.2) is 0 Å². The van der Waals surface area contributed by atoms with E-state index in [1.165, 1.54) is 0 Å². The van der Waals surface area contributed by atoms with E-state index in [0.717, 1.165) is 15.6 Å². The Morgan fingerprint density at radius 3 is 2.88 bits per heavy atom. The van der Waals surface area contributed by atoms with Gasteiger partial charge in [-0.1, -0.05) is 28.1 Å². The van der Waals surface area contributed by atoms with E-state index < -0.39 is 5.97 Å². The number of carbonyl (C=O) groups is 1. The Morgan fingerprint density at radius 2 is 2.29 bits per heavy atom. The Hall–Kier alpha value is -0.910. The molecule has 0 aliphatic heterocycles. The van der Waals surface area contributed by atoms with Gasteiger partial charge in [-0.2, -0.15) is 0 Å². The number of halogens is 1. The molecule has 0 heterocycles. The lowest BCUT2D eigenvalue weighted by Crippen LogP contribution is -2.15. The predicted molar refractivity (Wildman–Crippen MR) is 68.7 cm³/mol. The number of hydrogen-bond acceptors (Lipinski definition) is 3. The number of carboxylic acids is 1. The maximum Gasteiger partial charge on any atom is 0.303 e. The van der Waals surface area contributed by atoms with E-state index in [4.69, 9.17) is 15.6 Å². The first-order chi connectivity index (χ1) is 8.06. The van der Waals surface area contributed by atoms with Gasteiger partial charge in [0.1, 0.15) is 0 Å². The number of carboxylic acid groups (broad SMARTS) is 1. The molecular weight excluding hydrogens is 286 g/mol. The molecule has 1 atom stereocenters. The summed E-state index contributed by atoms with van der Waals surface area (Å²) < 4.78 is 6.00. The van der Waals surface area contributed by atoms with Crippen molar-refractivity contribution in [3.63, 3.8) is 0 Å². The lowest BCUT2D eigenvalue weighted by atomic mass is 9.98. The van der Waals surface area contributed by atoms with E-state index >= 15 is 0 Å². The Balaban J connectivity index is 2.89. The Morgan fingerprint density at radius 1 is 1.59 bits per heavy atom. The lowest BCUT2D eigenvalue weighted by molar-refractivity contribution is -0.137. The topological polar surface area (TPSA) is 72.5 Å². The highest BCUT2D eigenvalue weighted by atomic mass is 79.9. The number of ether oxygens (including phenoxy) is 1. The van der Waals surface area contributed by atoms with E-state index in [0.29, 0.717) is 13.0 Å². The van der Waals surface area contributed by atoms with Crippen molar-refractivity contribution in [1.82, 2.24) is 0 Å². The molecule has 0 saturated carbocycles. The first-order valence-corrected chi connectivity index (χ1v) is 6.09. The summed E-state index contributed by atoms with van der Waals surface area (Å²) in [5.41, 5.74) is 7.94. The lowest BCUT2D eigenvalue weighted by Gasteiger charge is -2.17. The summed E-state index contributed by atoms with van der Waals surface area (Å²) in [4.78, 5) is 10.5. The summed E-state index contributed by atoms with van der Waals surface area (Å²) in [7, 11) is 1.62. The minimum absolute atomic E-state index is 0.0644. The van der Waals surface area contributed by atoms with Gasteiger partial charge in [-0.15, -0.1) is 0 Å². The summed E-state index contributed by atoms with van der Waals surface area (Å²) >= 11 is 3.44. The van der Waals surface area contributed by atoms with E-state index in [9.17, 15) is 4.79 Å². The minimum atomic E-state index is -0.833. The number of methoxy groups -OCH3 is 1. The fourth-order valence-electron chi connectivity index (χ4n) is 1.70. The zero-order valence-electron chi connectivity index (χ0n) is 9.65. The van der Waals surface area contributed by atoms with Crippen LogP contribution in [0.5, 0.6) is 0 Å². The predicted octanol–water partition coefficient (Wildman–Crippen LogP) is 2.46. The van der Waals surface area contributed by atoms with E-state index in [1.807, 2.05) is 18.2 Å². The first kappa shape index (κ1) is 14.2. The van der Waals surface area contributed by atoms with Crippen LogP contribution in [0.3, 0.4) is 0 Å². The van der Waals surface area contributed by atoms with Gasteiger partial charge in [-0.05, 0) is 23.6 Å². The van der Waals surface area contributed by atoms with E-state index in [2.05, 4.69) is 15.9 Å². The molecule has 0 aliphatic carbocycles. The fraction of sp³-hybridized carbons (Fsp3) is 0.417. The van der Waals surface area contributed by atoms with Gasteiger partial charge in [0, 0.05) is 24.0 Å². The van der Waals surface area contributed by atoms with Crippen LogP contribution in [0.25, 0.3) is 0 Å². The van der Waals surface area contributed by atoms with Crippen LogP contribution in [0.4, 0.5) is 0 Å². The van der Waals surface area contributed by atoms with Gasteiger partial charge in [0.25, 0.3) is 0 Å². The summed E-state index contributed by atoms with van der Waals surface area (Å²) in [6, 6.07) is 5.44. The molecule has 0 bridgehead atoms. The monoisotopic (exact) mass is 301 g/mol. The molecule has 0 saturated heterocycles. The highest BCUT2D eigenvalue weighted by molar-refractivity contribution is 9.10. The molecule has 17 heavy (non-hydrogen) atoms. The molecule has 0 fully saturated rings. The SMILES string of the molecule is COCc1cccc(Br)c1C(N)CCC(=O)O. The number of benzene rings is 1. The van der Waals surface area contributed by atoms with Crippen molar-refractivity contribution < 1.29 is 14.6 Å². The second-order valence-corrected chi connectivity index (χ2v) is 4.64. The van der Waals surface area contributed by atoms with E-state index in [-0.39, 0.29) is 12.5 Å². The molecule has 1 aromatic rings. The number of aliphatic carboxylic acids is 1. The third kappa shape index (κ3) is 4.11. The van der Waals surface area contributed by atoms with Crippen LogP contribution in [0, 0.1) is 0 Å². The molecule has 0 aliphatic rings. The molecule has 4 nitrogen and oxygen atoms in total. The maximum absolute atomic E-state index is 10.5. The average molecular weight is 302 g/mol. The maximum atomic E-state index is 10.5. The van der Waals surface area contributed by atoms with Crippen LogP contribution in [-0.2, 0) is 16.1 Å². The third-order valence-electron chi connectivity index (χ3n) is 2.48. The second kappa shape index (κ2) is 6.74. The highest BCUT2D eigenvalue weighted by Crippen LogP contribution is 2.28. The molecule has 1 aromatic carbocycles. The van der Waals surface area contributed by atoms with Crippen molar-refractivity contribution in [2.75, 3.05) is 7.11 Å². The Kier molecular flexibility index (Phi) is 5.61. The van der Waals surface area contributed by atoms with Crippen LogP contribution in [0.1, 0.15) is 30.0 Å². The van der Waals surface area contributed by atoms with Crippen molar-refractivity contribution in [2.45, 2.75) is 25.5 Å². The van der Waals surface area contributed by atoms with Crippen molar-refractivity contribution in [2.24, 2.45) is 5.73 Å². The molecule has 5 heteroatoms. The average Bonchev–Trinajstić information content (AvgIpc) is 2.26. The number of hydrogen-bond donors (Lipinski definition) is 2. The molecule has 0 amide bonds. The van der Waals surface area contributed by atoms with Crippen molar-refractivity contribution >= 4 is 21.9 Å². The smallest absolute Gasteiger partial charge is 0.303 e. The van der Waals surface area contributed by atoms with Crippen LogP contribution in [0.15, 0.2) is 22.7 Å². The van der Waals surface area contributed by atoms with Crippen LogP contribution >= 0.6 is 15.9 Å². The molecule has 0 radical (unpaired) electrons. The van der Waals surface area contributed by atoms with Gasteiger partial charge in [-0.25, -0.2) is 0 Å². The normalized spacial score (nSPS) is 12.4. The molecule has 1 unspecified atom stereocenters.